The lowest BCUT2D eigenvalue weighted by Gasteiger charge is -2.08. The molecule has 0 saturated carbocycles. The number of nitrogens with zero attached hydrogens (tertiary/aromatic N) is 3. The molecule has 1 amide bonds. The van der Waals surface area contributed by atoms with Gasteiger partial charge in [-0.15, -0.1) is 0 Å². The summed E-state index contributed by atoms with van der Waals surface area (Å²) in [6.07, 6.45) is 7.34. The van der Waals surface area contributed by atoms with Crippen LogP contribution in [0.25, 0.3) is 22.0 Å². The van der Waals surface area contributed by atoms with Gasteiger partial charge in [0.05, 0.1) is 17.4 Å². The molecule has 3 aromatic heterocycles. The molecule has 1 aromatic carbocycles. The summed E-state index contributed by atoms with van der Waals surface area (Å²) in [4.78, 5) is 20.4. The number of fused-ring (bicyclic) bond motifs is 1. The van der Waals surface area contributed by atoms with Gasteiger partial charge in [-0.05, 0) is 47.7 Å². The van der Waals surface area contributed by atoms with E-state index in [1.54, 1.807) is 24.8 Å². The normalized spacial score (nSPS) is 10.6. The predicted molar refractivity (Wildman–Crippen MR) is 118 cm³/mol. The van der Waals surface area contributed by atoms with Gasteiger partial charge >= 0.3 is 0 Å². The van der Waals surface area contributed by atoms with Gasteiger partial charge in [0.1, 0.15) is 5.69 Å². The topological polar surface area (TPSA) is 83.6 Å². The Morgan fingerprint density at radius 1 is 1.03 bits per heavy atom. The van der Waals surface area contributed by atoms with Crippen molar-refractivity contribution in [2.24, 2.45) is 5.92 Å². The Bertz CT molecular complexity index is 1250. The molecule has 0 aliphatic rings. The molecule has 30 heavy (non-hydrogen) atoms. The Morgan fingerprint density at radius 2 is 1.87 bits per heavy atom. The minimum absolute atomic E-state index is 0.0112. The van der Waals surface area contributed by atoms with E-state index in [1.807, 2.05) is 50.2 Å². The third-order valence-electron chi connectivity index (χ3n) is 4.52. The number of H-pyrrole nitrogens is 1. The van der Waals surface area contributed by atoms with Crippen LogP contribution >= 0.6 is 0 Å². The fourth-order valence-corrected chi connectivity index (χ4v) is 3.10. The van der Waals surface area contributed by atoms with Crippen LogP contribution in [0.15, 0.2) is 61.2 Å². The molecule has 6 nitrogen and oxygen atoms in total. The maximum Gasteiger partial charge on any atom is 0.224 e. The van der Waals surface area contributed by atoms with Gasteiger partial charge in [0.25, 0.3) is 0 Å². The van der Waals surface area contributed by atoms with Crippen molar-refractivity contribution >= 4 is 22.5 Å². The highest BCUT2D eigenvalue weighted by Gasteiger charge is 2.09. The molecule has 0 radical (unpaired) electrons. The first-order valence-corrected chi connectivity index (χ1v) is 9.74. The van der Waals surface area contributed by atoms with Gasteiger partial charge in [0, 0.05) is 41.5 Å². The SMILES string of the molecule is CC(C)CC(=O)Nc1cncc(-c2ccc3[nH]nc(C#Cc4ccncc4)c3c2)c1. The Balaban J connectivity index is 1.63. The molecule has 3 heterocycles. The van der Waals surface area contributed by atoms with E-state index in [-0.39, 0.29) is 5.91 Å². The second-order valence-electron chi connectivity index (χ2n) is 7.43. The molecule has 4 aromatic rings. The van der Waals surface area contributed by atoms with Gasteiger partial charge in [0.2, 0.25) is 5.91 Å². The van der Waals surface area contributed by atoms with Gasteiger partial charge in [-0.25, -0.2) is 0 Å². The van der Waals surface area contributed by atoms with Gasteiger partial charge in [-0.1, -0.05) is 25.8 Å². The fraction of sp³-hybridized carbons (Fsp3) is 0.167. The molecule has 0 aliphatic carbocycles. The number of amides is 1. The Labute approximate surface area is 174 Å². The van der Waals surface area contributed by atoms with Crippen LogP contribution in [-0.4, -0.2) is 26.1 Å². The van der Waals surface area contributed by atoms with Crippen LogP contribution in [0.2, 0.25) is 0 Å². The zero-order valence-corrected chi connectivity index (χ0v) is 16.8. The van der Waals surface area contributed by atoms with Crippen molar-refractivity contribution in [1.82, 2.24) is 20.2 Å². The van der Waals surface area contributed by atoms with Crippen molar-refractivity contribution in [1.29, 1.82) is 0 Å². The zero-order valence-electron chi connectivity index (χ0n) is 16.8. The van der Waals surface area contributed by atoms with Crippen LogP contribution < -0.4 is 5.32 Å². The van der Waals surface area contributed by atoms with Crippen LogP contribution in [0.1, 0.15) is 31.5 Å². The van der Waals surface area contributed by atoms with Gasteiger partial charge in [0.15, 0.2) is 0 Å². The second-order valence-corrected chi connectivity index (χ2v) is 7.43. The maximum atomic E-state index is 12.1. The first-order chi connectivity index (χ1) is 14.6. The lowest BCUT2D eigenvalue weighted by Crippen LogP contribution is -2.13. The van der Waals surface area contributed by atoms with Gasteiger partial charge in [-0.2, -0.15) is 5.10 Å². The maximum absolute atomic E-state index is 12.1. The van der Waals surface area contributed by atoms with Crippen LogP contribution in [0, 0.1) is 17.8 Å². The highest BCUT2D eigenvalue weighted by Crippen LogP contribution is 2.26. The van der Waals surface area contributed by atoms with E-state index < -0.39 is 0 Å². The summed E-state index contributed by atoms with van der Waals surface area (Å²) in [5.74, 6) is 6.53. The lowest BCUT2D eigenvalue weighted by atomic mass is 10.0. The summed E-state index contributed by atoms with van der Waals surface area (Å²) in [5.41, 5.74) is 5.04. The standard InChI is InChI=1S/C24H21N5O/c1-16(2)11-24(30)27-20-12-19(14-26-15-20)18-4-6-23-21(13-18)22(28-29-23)5-3-17-7-9-25-10-8-17/h4,6-10,12-16H,11H2,1-2H3,(H,27,30)(H,28,29). The summed E-state index contributed by atoms with van der Waals surface area (Å²) in [6.45, 7) is 4.03. The number of pyridine rings is 2. The van der Waals surface area contributed by atoms with Crippen LogP contribution in [0.4, 0.5) is 5.69 Å². The van der Waals surface area contributed by atoms with Gasteiger partial charge in [-0.3, -0.25) is 19.9 Å². The Hall–Kier alpha value is -3.98. The third-order valence-corrected chi connectivity index (χ3v) is 4.52. The molecular formula is C24H21N5O. The molecule has 0 saturated heterocycles. The highest BCUT2D eigenvalue weighted by atomic mass is 16.1. The van der Waals surface area contributed by atoms with E-state index in [0.29, 0.717) is 23.7 Å². The van der Waals surface area contributed by atoms with E-state index in [2.05, 4.69) is 37.3 Å². The van der Waals surface area contributed by atoms with Crippen molar-refractivity contribution in [2.45, 2.75) is 20.3 Å². The molecular weight excluding hydrogens is 374 g/mol. The quantitative estimate of drug-likeness (QED) is 0.502. The molecule has 0 atom stereocenters. The molecule has 4 rings (SSSR count). The van der Waals surface area contributed by atoms with E-state index in [9.17, 15) is 4.79 Å². The van der Waals surface area contributed by atoms with Crippen molar-refractivity contribution in [3.8, 4) is 23.0 Å². The molecule has 0 bridgehead atoms. The van der Waals surface area contributed by atoms with Crippen molar-refractivity contribution < 1.29 is 4.79 Å². The predicted octanol–water partition coefficient (Wildman–Crippen LogP) is 4.40. The minimum atomic E-state index is -0.0112. The van der Waals surface area contributed by atoms with E-state index in [0.717, 1.165) is 27.6 Å². The number of hydrogen-bond donors (Lipinski definition) is 2. The molecule has 2 N–H and O–H groups in total. The summed E-state index contributed by atoms with van der Waals surface area (Å²) < 4.78 is 0. The van der Waals surface area contributed by atoms with Gasteiger partial charge < -0.3 is 5.32 Å². The first kappa shape index (κ1) is 19.3. The monoisotopic (exact) mass is 395 g/mol. The Kier molecular flexibility index (Phi) is 5.53. The van der Waals surface area contributed by atoms with E-state index in [1.165, 1.54) is 0 Å². The van der Waals surface area contributed by atoms with Crippen LogP contribution in [-0.2, 0) is 4.79 Å². The summed E-state index contributed by atoms with van der Waals surface area (Å²) in [5, 5.41) is 11.2. The second kappa shape index (κ2) is 8.58. The average molecular weight is 395 g/mol. The van der Waals surface area contributed by atoms with Crippen molar-refractivity contribution in [3.05, 3.63) is 72.4 Å². The summed E-state index contributed by atoms with van der Waals surface area (Å²) >= 11 is 0. The number of aromatic nitrogens is 4. The number of anilines is 1. The number of nitrogens with one attached hydrogen (secondary N) is 2. The summed E-state index contributed by atoms with van der Waals surface area (Å²) in [6, 6.07) is 11.6. The lowest BCUT2D eigenvalue weighted by molar-refractivity contribution is -0.116. The highest BCUT2D eigenvalue weighted by molar-refractivity contribution is 5.92. The van der Waals surface area contributed by atoms with E-state index in [4.69, 9.17) is 0 Å². The number of hydrogen-bond acceptors (Lipinski definition) is 4. The first-order valence-electron chi connectivity index (χ1n) is 9.74. The minimum Gasteiger partial charge on any atom is -0.325 e. The van der Waals surface area contributed by atoms with Crippen LogP contribution in [0.3, 0.4) is 0 Å². The fourth-order valence-electron chi connectivity index (χ4n) is 3.10. The summed E-state index contributed by atoms with van der Waals surface area (Å²) in [7, 11) is 0. The number of carbonyl (C=O) groups excluding carboxylic acids is 1. The smallest absolute Gasteiger partial charge is 0.224 e. The molecule has 0 unspecified atom stereocenters. The van der Waals surface area contributed by atoms with Crippen LogP contribution in [0.5, 0.6) is 0 Å². The number of rotatable bonds is 4. The largest absolute Gasteiger partial charge is 0.325 e. The van der Waals surface area contributed by atoms with E-state index >= 15 is 0 Å². The number of carbonyl (C=O) groups is 1. The third kappa shape index (κ3) is 4.53. The molecule has 0 fully saturated rings. The van der Waals surface area contributed by atoms with Crippen molar-refractivity contribution in [3.63, 3.8) is 0 Å². The Morgan fingerprint density at radius 3 is 2.67 bits per heavy atom. The molecule has 0 aliphatic heterocycles. The number of aromatic amines is 1. The number of benzene rings is 1. The molecule has 148 valence electrons. The molecule has 6 heteroatoms. The zero-order chi connectivity index (χ0) is 20.9. The molecule has 0 spiro atoms. The average Bonchev–Trinajstić information content (AvgIpc) is 3.15. The van der Waals surface area contributed by atoms with Crippen molar-refractivity contribution in [2.75, 3.05) is 5.32 Å².